The second kappa shape index (κ2) is 5.21. The van der Waals surface area contributed by atoms with Crippen molar-refractivity contribution in [3.8, 4) is 0 Å². The van der Waals surface area contributed by atoms with Crippen molar-refractivity contribution in [1.29, 1.82) is 0 Å². The van der Waals surface area contributed by atoms with Crippen molar-refractivity contribution in [1.82, 2.24) is 9.88 Å². The van der Waals surface area contributed by atoms with E-state index >= 15 is 0 Å². The zero-order chi connectivity index (χ0) is 13.2. The van der Waals surface area contributed by atoms with E-state index in [1.54, 1.807) is 4.57 Å². The van der Waals surface area contributed by atoms with Gasteiger partial charge in [0.25, 0.3) is 0 Å². The van der Waals surface area contributed by atoms with Crippen LogP contribution in [0.25, 0.3) is 11.1 Å². The van der Waals surface area contributed by atoms with Gasteiger partial charge in [-0.2, -0.15) is 0 Å². The van der Waals surface area contributed by atoms with Gasteiger partial charge in [0.1, 0.15) is 0 Å². The quantitative estimate of drug-likeness (QED) is 0.920. The molecule has 3 rings (SSSR count). The third-order valence-corrected chi connectivity index (χ3v) is 4.03. The van der Waals surface area contributed by atoms with Crippen molar-refractivity contribution >= 4 is 11.1 Å². The van der Waals surface area contributed by atoms with E-state index in [9.17, 15) is 4.79 Å². The molecular formula is C15H20N2O2. The molecule has 2 heterocycles. The Labute approximate surface area is 112 Å². The molecule has 0 aliphatic carbocycles. The lowest BCUT2D eigenvalue weighted by Crippen LogP contribution is -2.28. The number of rotatable bonds is 3. The van der Waals surface area contributed by atoms with Gasteiger partial charge in [-0.05, 0) is 62.9 Å². The van der Waals surface area contributed by atoms with E-state index in [1.165, 1.54) is 18.4 Å². The maximum absolute atomic E-state index is 11.7. The minimum absolute atomic E-state index is 0.253. The van der Waals surface area contributed by atoms with Crippen LogP contribution in [-0.2, 0) is 13.0 Å². The third kappa shape index (κ3) is 2.45. The topological polar surface area (TPSA) is 47.2 Å². The molecule has 4 nitrogen and oxygen atoms in total. The van der Waals surface area contributed by atoms with E-state index in [4.69, 9.17) is 4.42 Å². The molecular weight excluding hydrogens is 240 g/mol. The number of aryl methyl sites for hydroxylation is 1. The summed E-state index contributed by atoms with van der Waals surface area (Å²) in [6, 6.07) is 6.14. The molecule has 1 aromatic carbocycles. The van der Waals surface area contributed by atoms with Crippen molar-refractivity contribution in [2.45, 2.75) is 32.7 Å². The molecule has 0 saturated carbocycles. The number of aromatic nitrogens is 1. The minimum atomic E-state index is -0.253. The lowest BCUT2D eigenvalue weighted by molar-refractivity contribution is 0.373. The molecule has 1 N–H and O–H groups in total. The van der Waals surface area contributed by atoms with Crippen LogP contribution in [0, 0.1) is 5.92 Å². The molecule has 19 heavy (non-hydrogen) atoms. The molecule has 102 valence electrons. The molecule has 0 radical (unpaired) electrons. The number of hydrogen-bond acceptors (Lipinski definition) is 3. The largest absolute Gasteiger partial charge is 0.419 e. The van der Waals surface area contributed by atoms with Crippen LogP contribution in [0.4, 0.5) is 0 Å². The van der Waals surface area contributed by atoms with Crippen molar-refractivity contribution in [2.75, 3.05) is 13.1 Å². The summed E-state index contributed by atoms with van der Waals surface area (Å²) in [5.41, 5.74) is 2.93. The summed E-state index contributed by atoms with van der Waals surface area (Å²) in [5, 5.41) is 3.39. The van der Waals surface area contributed by atoms with Crippen LogP contribution in [0.15, 0.2) is 27.4 Å². The molecule has 0 atom stereocenters. The molecule has 2 aromatic rings. The van der Waals surface area contributed by atoms with Gasteiger partial charge >= 0.3 is 5.76 Å². The lowest BCUT2D eigenvalue weighted by Gasteiger charge is -2.22. The summed E-state index contributed by atoms with van der Waals surface area (Å²) in [7, 11) is 0. The van der Waals surface area contributed by atoms with Gasteiger partial charge in [0.15, 0.2) is 5.58 Å². The predicted octanol–water partition coefficient (Wildman–Crippen LogP) is 2.16. The van der Waals surface area contributed by atoms with E-state index < -0.39 is 0 Å². The highest BCUT2D eigenvalue weighted by atomic mass is 16.4. The van der Waals surface area contributed by atoms with Crippen LogP contribution in [0.5, 0.6) is 0 Å². The summed E-state index contributed by atoms with van der Waals surface area (Å²) >= 11 is 0. The summed E-state index contributed by atoms with van der Waals surface area (Å²) in [6.45, 7) is 4.87. The number of fused-ring (bicyclic) bond motifs is 1. The SMILES string of the molecule is CCn1c(=O)oc2ccc(CC3CCNCC3)cc21. The van der Waals surface area contributed by atoms with Crippen LogP contribution in [0.3, 0.4) is 0 Å². The van der Waals surface area contributed by atoms with E-state index in [0.29, 0.717) is 12.1 Å². The summed E-state index contributed by atoms with van der Waals surface area (Å²) in [4.78, 5) is 11.7. The Bertz CT molecular complexity index is 621. The van der Waals surface area contributed by atoms with E-state index in [2.05, 4.69) is 17.4 Å². The van der Waals surface area contributed by atoms with Gasteiger partial charge < -0.3 is 9.73 Å². The first-order chi connectivity index (χ1) is 9.28. The first-order valence-electron chi connectivity index (χ1n) is 7.11. The Balaban J connectivity index is 1.89. The van der Waals surface area contributed by atoms with Gasteiger partial charge in [0, 0.05) is 6.54 Å². The molecule has 0 amide bonds. The summed E-state index contributed by atoms with van der Waals surface area (Å²) in [6.07, 6.45) is 3.58. The fourth-order valence-corrected chi connectivity index (χ4v) is 2.95. The van der Waals surface area contributed by atoms with Crippen LogP contribution in [-0.4, -0.2) is 17.7 Å². The highest BCUT2D eigenvalue weighted by Crippen LogP contribution is 2.21. The number of nitrogens with zero attached hydrogens (tertiary/aromatic N) is 1. The van der Waals surface area contributed by atoms with Crippen LogP contribution < -0.4 is 11.1 Å². The van der Waals surface area contributed by atoms with Crippen LogP contribution in [0.1, 0.15) is 25.3 Å². The molecule has 1 saturated heterocycles. The van der Waals surface area contributed by atoms with Gasteiger partial charge in [-0.1, -0.05) is 6.07 Å². The third-order valence-electron chi connectivity index (χ3n) is 4.03. The first kappa shape index (κ1) is 12.5. The highest BCUT2D eigenvalue weighted by Gasteiger charge is 2.15. The van der Waals surface area contributed by atoms with Gasteiger partial charge in [-0.3, -0.25) is 4.57 Å². The van der Waals surface area contributed by atoms with Crippen LogP contribution >= 0.6 is 0 Å². The zero-order valence-corrected chi connectivity index (χ0v) is 11.3. The van der Waals surface area contributed by atoms with Gasteiger partial charge in [-0.15, -0.1) is 0 Å². The molecule has 1 aliphatic rings. The average molecular weight is 260 g/mol. The van der Waals surface area contributed by atoms with Crippen molar-refractivity contribution in [3.63, 3.8) is 0 Å². The molecule has 1 fully saturated rings. The highest BCUT2D eigenvalue weighted by molar-refractivity contribution is 5.73. The van der Waals surface area contributed by atoms with E-state index in [1.807, 2.05) is 13.0 Å². The second-order valence-electron chi connectivity index (χ2n) is 5.31. The van der Waals surface area contributed by atoms with Crippen LogP contribution in [0.2, 0.25) is 0 Å². The lowest BCUT2D eigenvalue weighted by atomic mass is 9.91. The molecule has 0 spiro atoms. The van der Waals surface area contributed by atoms with Crippen molar-refractivity contribution in [3.05, 3.63) is 34.3 Å². The minimum Gasteiger partial charge on any atom is -0.408 e. The number of nitrogens with one attached hydrogen (secondary N) is 1. The maximum atomic E-state index is 11.7. The predicted molar refractivity (Wildman–Crippen MR) is 75.4 cm³/mol. The maximum Gasteiger partial charge on any atom is 0.419 e. The van der Waals surface area contributed by atoms with Gasteiger partial charge in [0.2, 0.25) is 0 Å². The zero-order valence-electron chi connectivity index (χ0n) is 11.3. The second-order valence-corrected chi connectivity index (χ2v) is 5.31. The summed E-state index contributed by atoms with van der Waals surface area (Å²) in [5.74, 6) is 0.504. The average Bonchev–Trinajstić information content (AvgIpc) is 2.74. The van der Waals surface area contributed by atoms with E-state index in [-0.39, 0.29) is 5.76 Å². The van der Waals surface area contributed by atoms with E-state index in [0.717, 1.165) is 30.9 Å². The monoisotopic (exact) mass is 260 g/mol. The molecule has 1 aliphatic heterocycles. The molecule has 0 unspecified atom stereocenters. The van der Waals surface area contributed by atoms with Gasteiger partial charge in [-0.25, -0.2) is 4.79 Å². The Morgan fingerprint density at radius 3 is 2.89 bits per heavy atom. The molecule has 4 heteroatoms. The smallest absolute Gasteiger partial charge is 0.408 e. The first-order valence-corrected chi connectivity index (χ1v) is 7.11. The standard InChI is InChI=1S/C15H20N2O2/c1-2-17-13-10-12(3-4-14(13)19-15(17)18)9-11-5-7-16-8-6-11/h3-4,10-11,16H,2,5-9H2,1H3. The molecule has 0 bridgehead atoms. The number of benzene rings is 1. The van der Waals surface area contributed by atoms with Crippen molar-refractivity contribution < 1.29 is 4.42 Å². The Hall–Kier alpha value is -1.55. The normalized spacial score (nSPS) is 17.1. The fraction of sp³-hybridized carbons (Fsp3) is 0.533. The Morgan fingerprint density at radius 2 is 2.16 bits per heavy atom. The number of piperidine rings is 1. The summed E-state index contributed by atoms with van der Waals surface area (Å²) < 4.78 is 6.93. The van der Waals surface area contributed by atoms with Gasteiger partial charge in [0.05, 0.1) is 5.52 Å². The number of oxazole rings is 1. The molecule has 1 aromatic heterocycles. The Kier molecular flexibility index (Phi) is 3.42. The Morgan fingerprint density at radius 1 is 1.37 bits per heavy atom. The number of hydrogen-bond donors (Lipinski definition) is 1. The van der Waals surface area contributed by atoms with Crippen molar-refractivity contribution in [2.24, 2.45) is 5.92 Å². The fourth-order valence-electron chi connectivity index (χ4n) is 2.95.